The first-order valence-corrected chi connectivity index (χ1v) is 11.1. The minimum absolute atomic E-state index is 0.155. The van der Waals surface area contributed by atoms with E-state index in [0.29, 0.717) is 22.8 Å². The summed E-state index contributed by atoms with van der Waals surface area (Å²) in [6, 6.07) is 6.21. The van der Waals surface area contributed by atoms with E-state index in [2.05, 4.69) is 63.7 Å². The lowest BCUT2D eigenvalue weighted by atomic mass is 10.1. The molecule has 2 aromatic rings. The third-order valence-electron chi connectivity index (χ3n) is 5.13. The highest BCUT2D eigenvalue weighted by atomic mass is 79.9. The molecule has 1 aromatic carbocycles. The molecule has 6 nitrogen and oxygen atoms in total. The number of nitrogens with one attached hydrogen (secondary N) is 1. The molecule has 1 aliphatic heterocycles. The number of ether oxygens (including phenoxy) is 1. The molecule has 1 N–H and O–H groups in total. The van der Waals surface area contributed by atoms with Crippen molar-refractivity contribution >= 4 is 15.9 Å². The summed E-state index contributed by atoms with van der Waals surface area (Å²) in [7, 11) is 2.16. The van der Waals surface area contributed by atoms with Crippen molar-refractivity contribution in [2.75, 3.05) is 39.8 Å². The van der Waals surface area contributed by atoms with Crippen LogP contribution in [0, 0.1) is 5.92 Å². The monoisotopic (exact) mass is 462 g/mol. The number of benzene rings is 1. The van der Waals surface area contributed by atoms with Gasteiger partial charge in [0, 0.05) is 32.7 Å². The zero-order valence-corrected chi connectivity index (χ0v) is 19.4. The summed E-state index contributed by atoms with van der Waals surface area (Å²) in [5.74, 6) is 1.72. The molecule has 1 aliphatic rings. The van der Waals surface area contributed by atoms with Crippen molar-refractivity contribution in [1.29, 1.82) is 0 Å². The Morgan fingerprint density at radius 2 is 1.97 bits per heavy atom. The summed E-state index contributed by atoms with van der Waals surface area (Å²) in [5.41, 5.74) is 2.67. The average molecular weight is 463 g/mol. The van der Waals surface area contributed by atoms with E-state index in [1.165, 1.54) is 5.56 Å². The minimum Gasteiger partial charge on any atom is -0.493 e. The maximum Gasteiger partial charge on any atom is 0.265 e. The van der Waals surface area contributed by atoms with Gasteiger partial charge in [-0.25, -0.2) is 4.98 Å². The summed E-state index contributed by atoms with van der Waals surface area (Å²) in [6.45, 7) is 11.9. The van der Waals surface area contributed by atoms with Gasteiger partial charge in [-0.2, -0.15) is 0 Å². The Morgan fingerprint density at radius 1 is 1.24 bits per heavy atom. The zero-order chi connectivity index (χ0) is 21.0. The van der Waals surface area contributed by atoms with Gasteiger partial charge in [-0.3, -0.25) is 9.69 Å². The quantitative estimate of drug-likeness (QED) is 0.681. The topological polar surface area (TPSA) is 61.5 Å². The normalized spacial score (nSPS) is 15.8. The van der Waals surface area contributed by atoms with Crippen LogP contribution in [0.3, 0.4) is 0 Å². The molecule has 2 heterocycles. The van der Waals surface area contributed by atoms with Gasteiger partial charge in [0.15, 0.2) is 0 Å². The Bertz CT molecular complexity index is 889. The van der Waals surface area contributed by atoms with Crippen LogP contribution < -0.4 is 10.3 Å². The molecule has 158 valence electrons. The Kier molecular flexibility index (Phi) is 7.49. The third-order valence-corrected chi connectivity index (χ3v) is 5.95. The first kappa shape index (κ1) is 22.0. The molecule has 29 heavy (non-hydrogen) atoms. The smallest absolute Gasteiger partial charge is 0.265 e. The van der Waals surface area contributed by atoms with Gasteiger partial charge in [-0.05, 0) is 59.9 Å². The van der Waals surface area contributed by atoms with Gasteiger partial charge in [0.2, 0.25) is 0 Å². The molecule has 0 unspecified atom stereocenters. The summed E-state index contributed by atoms with van der Waals surface area (Å²) in [4.78, 5) is 25.0. The molecule has 0 bridgehead atoms. The van der Waals surface area contributed by atoms with Crippen molar-refractivity contribution in [2.45, 2.75) is 33.7 Å². The molecular formula is C22H31BrN4O2. The lowest BCUT2D eigenvalue weighted by Crippen LogP contribution is -2.43. The van der Waals surface area contributed by atoms with Gasteiger partial charge in [0.25, 0.3) is 5.56 Å². The van der Waals surface area contributed by atoms with Crippen LogP contribution in [0.25, 0.3) is 11.4 Å². The van der Waals surface area contributed by atoms with Crippen LogP contribution in [0.2, 0.25) is 0 Å². The number of H-pyrrole nitrogens is 1. The van der Waals surface area contributed by atoms with E-state index >= 15 is 0 Å². The highest BCUT2D eigenvalue weighted by Gasteiger charge is 2.18. The largest absolute Gasteiger partial charge is 0.493 e. The Labute approximate surface area is 181 Å². The number of aromatic nitrogens is 2. The highest BCUT2D eigenvalue weighted by molar-refractivity contribution is 9.10. The lowest BCUT2D eigenvalue weighted by Gasteiger charge is -2.32. The van der Waals surface area contributed by atoms with Crippen LogP contribution in [-0.4, -0.2) is 59.6 Å². The predicted octanol–water partition coefficient (Wildman–Crippen LogP) is 3.54. The fourth-order valence-corrected chi connectivity index (χ4v) is 3.91. The molecule has 0 atom stereocenters. The van der Waals surface area contributed by atoms with Crippen molar-refractivity contribution in [3.63, 3.8) is 0 Å². The molecule has 7 heteroatoms. The Hall–Kier alpha value is -1.70. The van der Waals surface area contributed by atoms with Crippen molar-refractivity contribution in [2.24, 2.45) is 5.92 Å². The van der Waals surface area contributed by atoms with Crippen molar-refractivity contribution in [1.82, 2.24) is 19.8 Å². The van der Waals surface area contributed by atoms with Crippen LogP contribution >= 0.6 is 15.9 Å². The molecule has 0 amide bonds. The second kappa shape index (κ2) is 9.87. The second-order valence-electron chi connectivity index (χ2n) is 8.12. The van der Waals surface area contributed by atoms with Crippen molar-refractivity contribution < 1.29 is 4.74 Å². The molecule has 3 rings (SSSR count). The molecule has 0 saturated carbocycles. The fraction of sp³-hybridized carbons (Fsp3) is 0.545. The van der Waals surface area contributed by atoms with E-state index in [4.69, 9.17) is 9.72 Å². The summed E-state index contributed by atoms with van der Waals surface area (Å²) < 4.78 is 6.36. The first-order valence-electron chi connectivity index (χ1n) is 10.3. The van der Waals surface area contributed by atoms with Crippen molar-refractivity contribution in [3.05, 3.63) is 44.3 Å². The maximum absolute atomic E-state index is 12.5. The van der Waals surface area contributed by atoms with Crippen LogP contribution in [0.4, 0.5) is 0 Å². The SMILES string of the molecule is CCOc1ccc(CN2CCN(C)CC2)cc1-c1nc(CC(C)C)c(Br)c(=O)[nH]1. The standard InChI is InChI=1S/C22H31BrN4O2/c1-5-29-19-7-6-16(14-27-10-8-26(4)9-11-27)13-17(19)21-24-18(12-15(2)3)20(23)22(28)25-21/h6-7,13,15H,5,8-12,14H2,1-4H3,(H,24,25,28). The molecule has 1 aromatic heterocycles. The van der Waals surface area contributed by atoms with Crippen molar-refractivity contribution in [3.8, 4) is 17.1 Å². The number of nitrogens with zero attached hydrogens (tertiary/aromatic N) is 3. The van der Waals surface area contributed by atoms with E-state index in [1.807, 2.05) is 13.0 Å². The number of halogens is 1. The number of hydrogen-bond acceptors (Lipinski definition) is 5. The van der Waals surface area contributed by atoms with Gasteiger partial charge >= 0.3 is 0 Å². The minimum atomic E-state index is -0.155. The maximum atomic E-state index is 12.5. The Morgan fingerprint density at radius 3 is 2.62 bits per heavy atom. The van der Waals surface area contributed by atoms with Gasteiger partial charge in [-0.1, -0.05) is 19.9 Å². The third kappa shape index (κ3) is 5.68. The molecular weight excluding hydrogens is 432 g/mol. The average Bonchev–Trinajstić information content (AvgIpc) is 2.68. The summed E-state index contributed by atoms with van der Waals surface area (Å²) in [5, 5.41) is 0. The highest BCUT2D eigenvalue weighted by Crippen LogP contribution is 2.30. The summed E-state index contributed by atoms with van der Waals surface area (Å²) >= 11 is 3.40. The zero-order valence-electron chi connectivity index (χ0n) is 17.8. The Balaban J connectivity index is 1.96. The second-order valence-corrected chi connectivity index (χ2v) is 8.91. The number of hydrogen-bond donors (Lipinski definition) is 1. The van der Waals surface area contributed by atoms with E-state index in [-0.39, 0.29) is 5.56 Å². The van der Waals surface area contributed by atoms with E-state index in [9.17, 15) is 4.79 Å². The van der Waals surface area contributed by atoms with Gasteiger partial charge < -0.3 is 14.6 Å². The van der Waals surface area contributed by atoms with E-state index in [1.54, 1.807) is 0 Å². The van der Waals surface area contributed by atoms with E-state index in [0.717, 1.165) is 56.2 Å². The molecule has 0 spiro atoms. The number of rotatable bonds is 7. The summed E-state index contributed by atoms with van der Waals surface area (Å²) in [6.07, 6.45) is 0.739. The molecule has 1 fully saturated rings. The first-order chi connectivity index (χ1) is 13.9. The van der Waals surface area contributed by atoms with Crippen LogP contribution in [-0.2, 0) is 13.0 Å². The van der Waals surface area contributed by atoms with Crippen LogP contribution in [0.1, 0.15) is 32.0 Å². The predicted molar refractivity (Wildman–Crippen MR) is 120 cm³/mol. The molecule has 1 saturated heterocycles. The fourth-order valence-electron chi connectivity index (χ4n) is 3.56. The van der Waals surface area contributed by atoms with Crippen LogP contribution in [0.15, 0.2) is 27.5 Å². The van der Waals surface area contributed by atoms with Gasteiger partial charge in [-0.15, -0.1) is 0 Å². The van der Waals surface area contributed by atoms with Gasteiger partial charge in [0.05, 0.1) is 17.9 Å². The number of aromatic amines is 1. The number of likely N-dealkylation sites (N-methyl/N-ethyl adjacent to an activating group) is 1. The molecule has 0 aliphatic carbocycles. The van der Waals surface area contributed by atoms with Crippen LogP contribution in [0.5, 0.6) is 5.75 Å². The number of piperazine rings is 1. The van der Waals surface area contributed by atoms with Gasteiger partial charge in [0.1, 0.15) is 16.0 Å². The van der Waals surface area contributed by atoms with E-state index < -0.39 is 0 Å². The molecule has 0 radical (unpaired) electrons. The lowest BCUT2D eigenvalue weighted by molar-refractivity contribution is 0.148.